The second kappa shape index (κ2) is 16.7. The van der Waals surface area contributed by atoms with Crippen LogP contribution in [0.1, 0.15) is 44.1 Å². The van der Waals surface area contributed by atoms with Gasteiger partial charge in [0.2, 0.25) is 17.7 Å². The first-order valence-electron chi connectivity index (χ1n) is 12.0. The van der Waals surface area contributed by atoms with Crippen LogP contribution in [0.25, 0.3) is 0 Å². The highest BCUT2D eigenvalue weighted by Crippen LogP contribution is 2.08. The number of hydrogen-bond donors (Lipinski definition) is 8. The topological polar surface area (TPSA) is 251 Å². The summed E-state index contributed by atoms with van der Waals surface area (Å²) in [4.78, 5) is 71.9. The predicted octanol–water partition coefficient (Wildman–Crippen LogP) is -1.44. The molecule has 0 radical (unpaired) electrons. The molecule has 0 heterocycles. The van der Waals surface area contributed by atoms with Crippen molar-refractivity contribution in [1.29, 1.82) is 0 Å². The lowest BCUT2D eigenvalue weighted by Crippen LogP contribution is -2.57. The molecular formula is C24H35N5O9. The summed E-state index contributed by atoms with van der Waals surface area (Å²) in [6.45, 7) is 0.326. The van der Waals surface area contributed by atoms with E-state index in [4.69, 9.17) is 21.7 Å². The molecule has 210 valence electrons. The van der Waals surface area contributed by atoms with Gasteiger partial charge in [0.15, 0.2) is 0 Å². The minimum absolute atomic E-state index is 0.0360. The van der Waals surface area contributed by atoms with E-state index in [0.717, 1.165) is 0 Å². The molecule has 1 aromatic carbocycles. The van der Waals surface area contributed by atoms with E-state index < -0.39 is 72.6 Å². The Morgan fingerprint density at radius 2 is 1.32 bits per heavy atom. The fraction of sp³-hybridized carbons (Fsp3) is 0.500. The number of carbonyl (C=O) groups excluding carboxylic acids is 3. The third-order valence-corrected chi connectivity index (χ3v) is 5.49. The molecule has 0 aliphatic rings. The molecule has 3 amide bonds. The van der Waals surface area contributed by atoms with Crippen molar-refractivity contribution in [2.45, 2.75) is 69.1 Å². The Morgan fingerprint density at radius 1 is 0.737 bits per heavy atom. The van der Waals surface area contributed by atoms with Gasteiger partial charge in [-0.2, -0.15) is 0 Å². The van der Waals surface area contributed by atoms with Crippen LogP contribution in [-0.2, 0) is 35.2 Å². The number of aliphatic carboxylic acids is 3. The van der Waals surface area contributed by atoms with E-state index in [0.29, 0.717) is 24.9 Å². The molecule has 0 saturated heterocycles. The summed E-state index contributed by atoms with van der Waals surface area (Å²) in [7, 11) is 0. The van der Waals surface area contributed by atoms with Crippen molar-refractivity contribution < 1.29 is 44.1 Å². The van der Waals surface area contributed by atoms with Crippen LogP contribution >= 0.6 is 0 Å². The fourth-order valence-corrected chi connectivity index (χ4v) is 3.45. The van der Waals surface area contributed by atoms with E-state index in [1.807, 2.05) is 0 Å². The first-order valence-corrected chi connectivity index (χ1v) is 12.0. The van der Waals surface area contributed by atoms with Crippen molar-refractivity contribution in [2.24, 2.45) is 11.5 Å². The minimum atomic E-state index is -1.51. The summed E-state index contributed by atoms with van der Waals surface area (Å²) >= 11 is 0. The van der Waals surface area contributed by atoms with Crippen molar-refractivity contribution in [2.75, 3.05) is 6.54 Å². The monoisotopic (exact) mass is 537 g/mol. The lowest BCUT2D eigenvalue weighted by Gasteiger charge is -2.25. The van der Waals surface area contributed by atoms with Crippen molar-refractivity contribution in [1.82, 2.24) is 16.0 Å². The second-order valence-electron chi connectivity index (χ2n) is 8.63. The third-order valence-electron chi connectivity index (χ3n) is 5.49. The van der Waals surface area contributed by atoms with Gasteiger partial charge in [-0.1, -0.05) is 30.3 Å². The number of carboxylic acid groups (broad SMARTS) is 3. The summed E-state index contributed by atoms with van der Waals surface area (Å²) in [6.07, 6.45) is -0.501. The molecule has 0 spiro atoms. The summed E-state index contributed by atoms with van der Waals surface area (Å²) in [5.74, 6) is -6.49. The third kappa shape index (κ3) is 12.3. The molecule has 0 bridgehead atoms. The second-order valence-corrected chi connectivity index (χ2v) is 8.63. The molecule has 38 heavy (non-hydrogen) atoms. The van der Waals surface area contributed by atoms with Crippen LogP contribution in [0.4, 0.5) is 0 Å². The standard InChI is InChI=1S/C24H35N5O9/c25-11-5-4-8-16(27-21(34)15(26)13-20(32)33)22(35)29-18(12-14-6-2-1-3-7-14)23(36)28-17(24(37)38)9-10-19(30)31/h1-3,6-7,15-18H,4-5,8-13,25-26H2,(H,27,34)(H,28,36)(H,29,35)(H,30,31)(H,32,33)(H,37,38). The number of rotatable bonds is 18. The number of unbranched alkanes of at least 4 members (excludes halogenated alkanes) is 1. The largest absolute Gasteiger partial charge is 0.481 e. The van der Waals surface area contributed by atoms with Crippen LogP contribution < -0.4 is 27.4 Å². The molecular weight excluding hydrogens is 502 g/mol. The molecule has 1 aromatic rings. The van der Waals surface area contributed by atoms with E-state index in [1.54, 1.807) is 30.3 Å². The number of carboxylic acids is 3. The van der Waals surface area contributed by atoms with Gasteiger partial charge in [-0.15, -0.1) is 0 Å². The Labute approximate surface area is 219 Å². The Balaban J connectivity index is 3.12. The van der Waals surface area contributed by atoms with Gasteiger partial charge >= 0.3 is 17.9 Å². The maximum atomic E-state index is 13.2. The summed E-state index contributed by atoms with van der Waals surface area (Å²) < 4.78 is 0. The van der Waals surface area contributed by atoms with Gasteiger partial charge in [0.05, 0.1) is 12.5 Å². The van der Waals surface area contributed by atoms with Gasteiger partial charge in [0.1, 0.15) is 18.1 Å². The Morgan fingerprint density at radius 3 is 1.87 bits per heavy atom. The highest BCUT2D eigenvalue weighted by molar-refractivity contribution is 5.94. The minimum Gasteiger partial charge on any atom is -0.481 e. The van der Waals surface area contributed by atoms with E-state index in [1.165, 1.54) is 0 Å². The average Bonchev–Trinajstić information content (AvgIpc) is 2.85. The van der Waals surface area contributed by atoms with Crippen LogP contribution in [0, 0.1) is 0 Å². The van der Waals surface area contributed by atoms with Gasteiger partial charge in [-0.25, -0.2) is 4.79 Å². The van der Waals surface area contributed by atoms with Crippen LogP contribution in [0.3, 0.4) is 0 Å². The number of carbonyl (C=O) groups is 6. The number of hydrogen-bond acceptors (Lipinski definition) is 8. The summed E-state index contributed by atoms with van der Waals surface area (Å²) in [5.41, 5.74) is 11.7. The molecule has 1 rings (SSSR count). The van der Waals surface area contributed by atoms with Crippen LogP contribution in [0.15, 0.2) is 30.3 Å². The quantitative estimate of drug-likeness (QED) is 0.101. The van der Waals surface area contributed by atoms with Gasteiger partial charge in [-0.3, -0.25) is 24.0 Å². The molecule has 0 aliphatic carbocycles. The zero-order chi connectivity index (χ0) is 28.7. The maximum Gasteiger partial charge on any atom is 0.326 e. The Bertz CT molecular complexity index is 973. The van der Waals surface area contributed by atoms with E-state index >= 15 is 0 Å². The molecule has 0 fully saturated rings. The van der Waals surface area contributed by atoms with Gasteiger partial charge < -0.3 is 42.7 Å². The Kier molecular flexibility index (Phi) is 14.0. The first-order chi connectivity index (χ1) is 17.9. The van der Waals surface area contributed by atoms with E-state index in [-0.39, 0.29) is 19.3 Å². The van der Waals surface area contributed by atoms with Gasteiger partial charge in [0.25, 0.3) is 0 Å². The number of nitrogens with one attached hydrogen (secondary N) is 3. The normalized spacial score (nSPS) is 13.8. The molecule has 4 unspecified atom stereocenters. The zero-order valence-electron chi connectivity index (χ0n) is 20.8. The fourth-order valence-electron chi connectivity index (χ4n) is 3.45. The maximum absolute atomic E-state index is 13.2. The molecule has 4 atom stereocenters. The summed E-state index contributed by atoms with van der Waals surface area (Å²) in [6, 6.07) is 3.16. The molecule has 0 saturated carbocycles. The van der Waals surface area contributed by atoms with Crippen LogP contribution in [0.2, 0.25) is 0 Å². The summed E-state index contributed by atoms with van der Waals surface area (Å²) in [5, 5.41) is 34.3. The van der Waals surface area contributed by atoms with Crippen LogP contribution in [-0.4, -0.2) is 81.7 Å². The molecule has 0 aromatic heterocycles. The smallest absolute Gasteiger partial charge is 0.326 e. The lowest BCUT2D eigenvalue weighted by molar-refractivity contribution is -0.143. The SMILES string of the molecule is NCCCCC(NC(=O)C(N)CC(=O)O)C(=O)NC(Cc1ccccc1)C(=O)NC(CCC(=O)O)C(=O)O. The van der Waals surface area contributed by atoms with E-state index in [2.05, 4.69) is 16.0 Å². The van der Waals surface area contributed by atoms with Crippen molar-refractivity contribution >= 4 is 35.6 Å². The van der Waals surface area contributed by atoms with Crippen molar-refractivity contribution in [3.8, 4) is 0 Å². The van der Waals surface area contributed by atoms with Gasteiger partial charge in [-0.05, 0) is 37.8 Å². The highest BCUT2D eigenvalue weighted by atomic mass is 16.4. The molecule has 0 aliphatic heterocycles. The molecule has 14 heteroatoms. The zero-order valence-corrected chi connectivity index (χ0v) is 20.8. The van der Waals surface area contributed by atoms with Gasteiger partial charge in [0, 0.05) is 12.8 Å². The molecule has 10 N–H and O–H groups in total. The highest BCUT2D eigenvalue weighted by Gasteiger charge is 2.31. The number of nitrogens with two attached hydrogens (primary N) is 2. The van der Waals surface area contributed by atoms with Crippen LogP contribution in [0.5, 0.6) is 0 Å². The lowest BCUT2D eigenvalue weighted by atomic mass is 10.0. The number of amides is 3. The number of benzene rings is 1. The predicted molar refractivity (Wildman–Crippen MR) is 134 cm³/mol. The van der Waals surface area contributed by atoms with Crippen molar-refractivity contribution in [3.63, 3.8) is 0 Å². The first kappa shape index (κ1) is 32.0. The molecule has 14 nitrogen and oxygen atoms in total. The van der Waals surface area contributed by atoms with E-state index in [9.17, 15) is 33.9 Å². The Hall–Kier alpha value is -4.04. The van der Waals surface area contributed by atoms with Crippen molar-refractivity contribution in [3.05, 3.63) is 35.9 Å². The average molecular weight is 538 g/mol.